The number of morpholine rings is 1. The Labute approximate surface area is 195 Å². The minimum absolute atomic E-state index is 0.0797. The van der Waals surface area contributed by atoms with E-state index in [1.807, 2.05) is 39.8 Å². The number of rotatable bonds is 5. The SMILES string of the molecule is Cc1cc(-c2sc(N3C[C@@H](C)O[C@@H](C)C3)nc2CNC(=O)c2ccc(F)cc2F)cc(C)n1. The summed E-state index contributed by atoms with van der Waals surface area (Å²) in [5, 5.41) is 3.58. The van der Waals surface area contributed by atoms with E-state index in [2.05, 4.69) is 15.2 Å². The zero-order valence-corrected chi connectivity index (χ0v) is 19.8. The molecular weight excluding hydrogens is 446 g/mol. The van der Waals surface area contributed by atoms with Gasteiger partial charge in [-0.05, 0) is 57.5 Å². The summed E-state index contributed by atoms with van der Waals surface area (Å²) < 4.78 is 33.1. The summed E-state index contributed by atoms with van der Waals surface area (Å²) in [7, 11) is 0. The van der Waals surface area contributed by atoms with Crippen molar-refractivity contribution in [1.82, 2.24) is 15.3 Å². The van der Waals surface area contributed by atoms with Crippen LogP contribution in [0.15, 0.2) is 30.3 Å². The number of carbonyl (C=O) groups is 1. The molecule has 0 bridgehead atoms. The third kappa shape index (κ3) is 5.36. The average molecular weight is 473 g/mol. The third-order valence-corrected chi connectivity index (χ3v) is 6.52. The molecule has 0 aliphatic carbocycles. The van der Waals surface area contributed by atoms with Crippen molar-refractivity contribution in [2.24, 2.45) is 0 Å². The molecule has 1 aliphatic rings. The molecule has 9 heteroatoms. The summed E-state index contributed by atoms with van der Waals surface area (Å²) >= 11 is 1.55. The molecule has 4 rings (SSSR count). The highest BCUT2D eigenvalue weighted by Crippen LogP contribution is 2.36. The summed E-state index contributed by atoms with van der Waals surface area (Å²) in [4.78, 5) is 25.0. The van der Waals surface area contributed by atoms with Crippen LogP contribution in [0.25, 0.3) is 10.4 Å². The first-order chi connectivity index (χ1) is 15.7. The molecule has 0 spiro atoms. The monoisotopic (exact) mass is 472 g/mol. The summed E-state index contributed by atoms with van der Waals surface area (Å²) in [6, 6.07) is 6.87. The lowest BCUT2D eigenvalue weighted by molar-refractivity contribution is -0.00523. The van der Waals surface area contributed by atoms with E-state index >= 15 is 0 Å². The molecule has 1 aromatic carbocycles. The van der Waals surface area contributed by atoms with Crippen LogP contribution in [0.5, 0.6) is 0 Å². The lowest BCUT2D eigenvalue weighted by Gasteiger charge is -2.35. The van der Waals surface area contributed by atoms with Crippen molar-refractivity contribution in [2.45, 2.75) is 46.4 Å². The number of nitrogens with one attached hydrogen (secondary N) is 1. The summed E-state index contributed by atoms with van der Waals surface area (Å²) in [5.74, 6) is -2.25. The number of halogens is 2. The lowest BCUT2D eigenvalue weighted by Crippen LogP contribution is -2.45. The zero-order valence-electron chi connectivity index (χ0n) is 19.0. The summed E-state index contributed by atoms with van der Waals surface area (Å²) in [6.45, 7) is 9.48. The molecule has 2 aromatic heterocycles. The number of aromatic nitrogens is 2. The van der Waals surface area contributed by atoms with Crippen molar-refractivity contribution >= 4 is 22.4 Å². The van der Waals surface area contributed by atoms with Crippen LogP contribution in [-0.2, 0) is 11.3 Å². The number of thiazole rings is 1. The number of anilines is 1. The van der Waals surface area contributed by atoms with Gasteiger partial charge in [-0.15, -0.1) is 0 Å². The number of benzene rings is 1. The van der Waals surface area contributed by atoms with Crippen LogP contribution in [0, 0.1) is 25.5 Å². The van der Waals surface area contributed by atoms with Gasteiger partial charge >= 0.3 is 0 Å². The van der Waals surface area contributed by atoms with Crippen LogP contribution >= 0.6 is 11.3 Å². The molecule has 1 amide bonds. The van der Waals surface area contributed by atoms with Gasteiger partial charge in [0, 0.05) is 30.5 Å². The number of hydrogen-bond donors (Lipinski definition) is 1. The van der Waals surface area contributed by atoms with E-state index in [9.17, 15) is 13.6 Å². The normalized spacial score (nSPS) is 18.4. The van der Waals surface area contributed by atoms with Crippen molar-refractivity contribution in [1.29, 1.82) is 0 Å². The van der Waals surface area contributed by atoms with Gasteiger partial charge in [0.2, 0.25) is 0 Å². The lowest BCUT2D eigenvalue weighted by atomic mass is 10.1. The Morgan fingerprint density at radius 1 is 1.12 bits per heavy atom. The van der Waals surface area contributed by atoms with Gasteiger partial charge in [-0.2, -0.15) is 0 Å². The fourth-order valence-corrected chi connectivity index (χ4v) is 5.14. The van der Waals surface area contributed by atoms with Crippen LogP contribution in [0.1, 0.15) is 41.3 Å². The summed E-state index contributed by atoms with van der Waals surface area (Å²) in [5.41, 5.74) is 3.21. The van der Waals surface area contributed by atoms with Crippen LogP contribution < -0.4 is 10.2 Å². The summed E-state index contributed by atoms with van der Waals surface area (Å²) in [6.07, 6.45) is 0.159. The van der Waals surface area contributed by atoms with Crippen LogP contribution in [0.4, 0.5) is 13.9 Å². The predicted octanol–water partition coefficient (Wildman–Crippen LogP) is 4.64. The molecular formula is C24H26F2N4O2S. The van der Waals surface area contributed by atoms with Crippen molar-refractivity contribution in [3.63, 3.8) is 0 Å². The highest BCUT2D eigenvalue weighted by Gasteiger charge is 2.26. The van der Waals surface area contributed by atoms with Gasteiger partial charge < -0.3 is 15.0 Å². The fraction of sp³-hybridized carbons (Fsp3) is 0.375. The second kappa shape index (κ2) is 9.52. The molecule has 1 fully saturated rings. The van der Waals surface area contributed by atoms with Crippen LogP contribution in [0.3, 0.4) is 0 Å². The predicted molar refractivity (Wildman–Crippen MR) is 125 cm³/mol. The number of amides is 1. The maximum Gasteiger partial charge on any atom is 0.254 e. The largest absolute Gasteiger partial charge is 0.372 e. The highest BCUT2D eigenvalue weighted by atomic mass is 32.1. The molecule has 0 saturated carbocycles. The number of nitrogens with zero attached hydrogens (tertiary/aromatic N) is 3. The van der Waals surface area contributed by atoms with Crippen molar-refractivity contribution in [3.8, 4) is 10.4 Å². The van der Waals surface area contributed by atoms with E-state index in [1.54, 1.807) is 11.3 Å². The van der Waals surface area contributed by atoms with Gasteiger partial charge in [0.15, 0.2) is 5.13 Å². The molecule has 0 radical (unpaired) electrons. The average Bonchev–Trinajstić information content (AvgIpc) is 3.15. The molecule has 33 heavy (non-hydrogen) atoms. The third-order valence-electron chi connectivity index (χ3n) is 5.31. The molecule has 1 N–H and O–H groups in total. The second-order valence-electron chi connectivity index (χ2n) is 8.38. The van der Waals surface area contributed by atoms with E-state index in [0.717, 1.165) is 52.2 Å². The first kappa shape index (κ1) is 23.3. The Balaban J connectivity index is 1.65. The first-order valence-corrected chi connectivity index (χ1v) is 11.6. The Kier molecular flexibility index (Phi) is 6.71. The molecule has 1 saturated heterocycles. The van der Waals surface area contributed by atoms with E-state index < -0.39 is 17.5 Å². The number of ether oxygens (including phenoxy) is 1. The van der Waals surface area contributed by atoms with Gasteiger partial charge in [0.1, 0.15) is 11.6 Å². The molecule has 6 nitrogen and oxygen atoms in total. The maximum atomic E-state index is 14.0. The van der Waals surface area contributed by atoms with Gasteiger partial charge in [-0.25, -0.2) is 13.8 Å². The quantitative estimate of drug-likeness (QED) is 0.586. The van der Waals surface area contributed by atoms with Gasteiger partial charge in [0.05, 0.1) is 34.9 Å². The number of aryl methyl sites for hydroxylation is 2. The smallest absolute Gasteiger partial charge is 0.254 e. The fourth-order valence-electron chi connectivity index (χ4n) is 4.05. The van der Waals surface area contributed by atoms with E-state index in [1.165, 1.54) is 0 Å². The topological polar surface area (TPSA) is 67.3 Å². The molecule has 0 unspecified atom stereocenters. The molecule has 2 atom stereocenters. The Morgan fingerprint density at radius 2 is 1.79 bits per heavy atom. The number of pyridine rings is 1. The highest BCUT2D eigenvalue weighted by molar-refractivity contribution is 7.19. The van der Waals surface area contributed by atoms with Crippen LogP contribution in [0.2, 0.25) is 0 Å². The zero-order chi connectivity index (χ0) is 23.7. The van der Waals surface area contributed by atoms with Gasteiger partial charge in [-0.3, -0.25) is 9.78 Å². The first-order valence-electron chi connectivity index (χ1n) is 10.8. The minimum atomic E-state index is -0.900. The maximum absolute atomic E-state index is 14.0. The molecule has 3 aromatic rings. The number of hydrogen-bond acceptors (Lipinski definition) is 6. The molecule has 174 valence electrons. The number of carbonyl (C=O) groups excluding carboxylic acids is 1. The minimum Gasteiger partial charge on any atom is -0.372 e. The standard InChI is InChI=1S/C24H26F2N4O2S/c1-13-7-17(8-14(2)28-13)22-21(10-27-23(31)19-6-5-18(25)9-20(19)26)29-24(33-22)30-11-15(3)32-16(4)12-30/h5-9,15-16H,10-12H2,1-4H3,(H,27,31)/t15-,16+. The van der Waals surface area contributed by atoms with E-state index in [4.69, 9.17) is 9.72 Å². The van der Waals surface area contributed by atoms with Gasteiger partial charge in [-0.1, -0.05) is 11.3 Å². The Bertz CT molecular complexity index is 1150. The Morgan fingerprint density at radius 3 is 2.42 bits per heavy atom. The van der Waals surface area contributed by atoms with Crippen molar-refractivity contribution in [3.05, 3.63) is 64.6 Å². The van der Waals surface area contributed by atoms with E-state index in [-0.39, 0.29) is 24.3 Å². The van der Waals surface area contributed by atoms with Crippen LogP contribution in [-0.4, -0.2) is 41.2 Å². The second-order valence-corrected chi connectivity index (χ2v) is 9.36. The van der Waals surface area contributed by atoms with Gasteiger partial charge in [0.25, 0.3) is 5.91 Å². The molecule has 3 heterocycles. The van der Waals surface area contributed by atoms with E-state index in [0.29, 0.717) is 11.8 Å². The van der Waals surface area contributed by atoms with Crippen molar-refractivity contribution < 1.29 is 18.3 Å². The Hall–Kier alpha value is -2.91. The molecule has 1 aliphatic heterocycles. The van der Waals surface area contributed by atoms with Crippen molar-refractivity contribution in [2.75, 3.05) is 18.0 Å².